The molecule has 0 aliphatic rings. The summed E-state index contributed by atoms with van der Waals surface area (Å²) in [7, 11) is 0. The SMILES string of the molecule is CC(=O)SCCC=Cc1ccc(Br)cc1OC(F)(F)F. The lowest BCUT2D eigenvalue weighted by Crippen LogP contribution is -2.17. The molecule has 0 saturated heterocycles. The van der Waals surface area contributed by atoms with Gasteiger partial charge in [0.25, 0.3) is 0 Å². The molecule has 0 amide bonds. The molecule has 1 aromatic rings. The third-order valence-corrected chi connectivity index (χ3v) is 3.43. The molecule has 0 heterocycles. The van der Waals surface area contributed by atoms with Crippen molar-refractivity contribution >= 4 is 38.9 Å². The first-order valence-corrected chi connectivity index (χ1v) is 7.41. The Hall–Kier alpha value is -0.950. The zero-order chi connectivity index (χ0) is 15.2. The van der Waals surface area contributed by atoms with Crippen LogP contribution in [-0.2, 0) is 4.79 Å². The second-order valence-corrected chi connectivity index (χ2v) is 5.95. The number of benzene rings is 1. The number of hydrogen-bond donors (Lipinski definition) is 0. The van der Waals surface area contributed by atoms with Crippen LogP contribution in [0.3, 0.4) is 0 Å². The summed E-state index contributed by atoms with van der Waals surface area (Å²) in [5.74, 6) is 0.333. The van der Waals surface area contributed by atoms with Gasteiger partial charge in [0.15, 0.2) is 5.12 Å². The maximum absolute atomic E-state index is 12.3. The molecule has 0 radical (unpaired) electrons. The Morgan fingerprint density at radius 2 is 2.15 bits per heavy atom. The Balaban J connectivity index is 2.73. The summed E-state index contributed by atoms with van der Waals surface area (Å²) in [6, 6.07) is 4.42. The average molecular weight is 369 g/mol. The van der Waals surface area contributed by atoms with Gasteiger partial charge in [-0.3, -0.25) is 4.79 Å². The van der Waals surface area contributed by atoms with Crippen LogP contribution < -0.4 is 4.74 Å². The molecule has 0 N–H and O–H groups in total. The molecule has 0 atom stereocenters. The quantitative estimate of drug-likeness (QED) is 0.681. The maximum atomic E-state index is 12.3. The van der Waals surface area contributed by atoms with Gasteiger partial charge in [-0.15, -0.1) is 13.2 Å². The third kappa shape index (κ3) is 7.00. The highest BCUT2D eigenvalue weighted by Gasteiger charge is 2.31. The highest BCUT2D eigenvalue weighted by Crippen LogP contribution is 2.30. The van der Waals surface area contributed by atoms with E-state index >= 15 is 0 Å². The summed E-state index contributed by atoms with van der Waals surface area (Å²) in [4.78, 5) is 10.7. The van der Waals surface area contributed by atoms with Crippen LogP contribution in [0, 0.1) is 0 Å². The molecule has 0 aliphatic heterocycles. The van der Waals surface area contributed by atoms with Crippen molar-refractivity contribution in [1.29, 1.82) is 0 Å². The fourth-order valence-electron chi connectivity index (χ4n) is 1.34. The molecule has 0 aliphatic carbocycles. The molecule has 110 valence electrons. The monoisotopic (exact) mass is 368 g/mol. The first-order valence-electron chi connectivity index (χ1n) is 5.63. The van der Waals surface area contributed by atoms with Crippen molar-refractivity contribution in [3.8, 4) is 5.75 Å². The second-order valence-electron chi connectivity index (χ2n) is 3.76. The maximum Gasteiger partial charge on any atom is 0.573 e. The molecule has 20 heavy (non-hydrogen) atoms. The van der Waals surface area contributed by atoms with Crippen LogP contribution >= 0.6 is 27.7 Å². The number of carbonyl (C=O) groups excluding carboxylic acids is 1. The topological polar surface area (TPSA) is 26.3 Å². The van der Waals surface area contributed by atoms with Gasteiger partial charge in [0.2, 0.25) is 0 Å². The van der Waals surface area contributed by atoms with Crippen molar-refractivity contribution in [2.75, 3.05) is 5.75 Å². The van der Waals surface area contributed by atoms with Crippen molar-refractivity contribution in [3.63, 3.8) is 0 Å². The van der Waals surface area contributed by atoms with Crippen LogP contribution in [0.4, 0.5) is 13.2 Å². The van der Waals surface area contributed by atoms with Gasteiger partial charge in [-0.1, -0.05) is 45.9 Å². The summed E-state index contributed by atoms with van der Waals surface area (Å²) in [6.45, 7) is 1.47. The average Bonchev–Trinajstić information content (AvgIpc) is 2.28. The molecule has 0 unspecified atom stereocenters. The number of halogens is 4. The van der Waals surface area contributed by atoms with Crippen LogP contribution in [0.1, 0.15) is 18.9 Å². The van der Waals surface area contributed by atoms with E-state index in [1.165, 1.54) is 30.8 Å². The standard InChI is InChI=1S/C13H12BrF3O2S/c1-9(18)20-7-3-2-4-10-5-6-11(14)8-12(10)19-13(15,16)17/h2,4-6,8H,3,7H2,1H3. The fourth-order valence-corrected chi connectivity index (χ4v) is 2.22. The molecule has 1 aromatic carbocycles. The Kier molecular flexibility index (Phi) is 6.61. The predicted molar refractivity (Wildman–Crippen MR) is 77.6 cm³/mol. The van der Waals surface area contributed by atoms with E-state index in [9.17, 15) is 18.0 Å². The van der Waals surface area contributed by atoms with Gasteiger partial charge in [0, 0.05) is 22.7 Å². The Bertz CT molecular complexity index is 501. The van der Waals surface area contributed by atoms with Crippen LogP contribution in [-0.4, -0.2) is 17.2 Å². The molecule has 0 fully saturated rings. The third-order valence-electron chi connectivity index (χ3n) is 2.09. The zero-order valence-corrected chi connectivity index (χ0v) is 12.9. The fraction of sp³-hybridized carbons (Fsp3) is 0.308. The van der Waals surface area contributed by atoms with E-state index in [1.807, 2.05) is 0 Å². The van der Waals surface area contributed by atoms with E-state index in [-0.39, 0.29) is 10.9 Å². The highest BCUT2D eigenvalue weighted by atomic mass is 79.9. The first kappa shape index (κ1) is 17.1. The molecule has 0 aromatic heterocycles. The van der Waals surface area contributed by atoms with Crippen molar-refractivity contribution in [2.45, 2.75) is 19.7 Å². The van der Waals surface area contributed by atoms with Crippen LogP contribution in [0.5, 0.6) is 5.75 Å². The number of carbonyl (C=O) groups is 1. The number of allylic oxidation sites excluding steroid dienone is 1. The van der Waals surface area contributed by atoms with Crippen molar-refractivity contribution in [2.24, 2.45) is 0 Å². The molecule has 2 nitrogen and oxygen atoms in total. The van der Waals surface area contributed by atoms with E-state index in [2.05, 4.69) is 20.7 Å². The number of rotatable bonds is 5. The normalized spacial score (nSPS) is 11.8. The Morgan fingerprint density at radius 1 is 1.45 bits per heavy atom. The van der Waals surface area contributed by atoms with Crippen molar-refractivity contribution in [3.05, 3.63) is 34.3 Å². The van der Waals surface area contributed by atoms with Crippen molar-refractivity contribution in [1.82, 2.24) is 0 Å². The lowest BCUT2D eigenvalue weighted by Gasteiger charge is -2.11. The molecule has 0 saturated carbocycles. The van der Waals surface area contributed by atoms with Gasteiger partial charge >= 0.3 is 6.36 Å². The van der Waals surface area contributed by atoms with E-state index in [0.717, 1.165) is 0 Å². The minimum atomic E-state index is -4.73. The van der Waals surface area contributed by atoms with E-state index in [4.69, 9.17) is 0 Å². The minimum Gasteiger partial charge on any atom is -0.405 e. The van der Waals surface area contributed by atoms with Crippen LogP contribution in [0.25, 0.3) is 6.08 Å². The molecule has 0 bridgehead atoms. The van der Waals surface area contributed by atoms with Crippen molar-refractivity contribution < 1.29 is 22.7 Å². The summed E-state index contributed by atoms with van der Waals surface area (Å²) in [6.07, 6.45) is -0.879. The van der Waals surface area contributed by atoms with Crippen LogP contribution in [0.2, 0.25) is 0 Å². The Labute approximate surface area is 127 Å². The number of ether oxygens (including phenoxy) is 1. The van der Waals surface area contributed by atoms with Gasteiger partial charge in [-0.05, 0) is 18.6 Å². The summed E-state index contributed by atoms with van der Waals surface area (Å²) >= 11 is 4.27. The van der Waals surface area contributed by atoms with Gasteiger partial charge in [0.1, 0.15) is 5.75 Å². The van der Waals surface area contributed by atoms with E-state index < -0.39 is 6.36 Å². The second kappa shape index (κ2) is 7.73. The molecule has 7 heteroatoms. The number of thioether (sulfide) groups is 1. The number of hydrogen-bond acceptors (Lipinski definition) is 3. The first-order chi connectivity index (χ1) is 9.28. The molecule has 0 spiro atoms. The van der Waals surface area contributed by atoms with Gasteiger partial charge in [-0.25, -0.2) is 0 Å². The van der Waals surface area contributed by atoms with E-state index in [0.29, 0.717) is 22.2 Å². The lowest BCUT2D eigenvalue weighted by molar-refractivity contribution is -0.274. The minimum absolute atomic E-state index is 0.0168. The smallest absolute Gasteiger partial charge is 0.405 e. The van der Waals surface area contributed by atoms with E-state index in [1.54, 1.807) is 18.2 Å². The van der Waals surface area contributed by atoms with Gasteiger partial charge in [0.05, 0.1) is 0 Å². The number of alkyl halides is 3. The summed E-state index contributed by atoms with van der Waals surface area (Å²) < 4.78 is 41.3. The summed E-state index contributed by atoms with van der Waals surface area (Å²) in [5, 5.41) is 0.0168. The molecular weight excluding hydrogens is 357 g/mol. The summed E-state index contributed by atoms with van der Waals surface area (Å²) in [5.41, 5.74) is 0.332. The lowest BCUT2D eigenvalue weighted by atomic mass is 10.2. The van der Waals surface area contributed by atoms with Crippen LogP contribution in [0.15, 0.2) is 28.7 Å². The largest absolute Gasteiger partial charge is 0.573 e. The highest BCUT2D eigenvalue weighted by molar-refractivity contribution is 9.10. The van der Waals surface area contributed by atoms with Gasteiger partial charge in [-0.2, -0.15) is 0 Å². The van der Waals surface area contributed by atoms with Gasteiger partial charge < -0.3 is 4.74 Å². The Morgan fingerprint density at radius 3 is 2.75 bits per heavy atom. The molecular formula is C13H12BrF3O2S. The molecule has 1 rings (SSSR count). The zero-order valence-electron chi connectivity index (χ0n) is 10.5. The predicted octanol–water partition coefficient (Wildman–Crippen LogP) is 5.03.